The maximum Gasteiger partial charge on any atom is 0.227 e. The van der Waals surface area contributed by atoms with Crippen LogP contribution in [0, 0.1) is 5.92 Å². The predicted molar refractivity (Wildman–Crippen MR) is 76.6 cm³/mol. The topological polar surface area (TPSA) is 46.6 Å². The van der Waals surface area contributed by atoms with Gasteiger partial charge in [0.25, 0.3) is 0 Å². The summed E-state index contributed by atoms with van der Waals surface area (Å²) in [5.74, 6) is 1.81. The van der Waals surface area contributed by atoms with E-state index < -0.39 is 0 Å². The van der Waals surface area contributed by atoms with Crippen LogP contribution in [-0.4, -0.2) is 30.4 Å². The normalized spacial score (nSPS) is 18.7. The number of carbonyl (C=O) groups is 2. The first kappa shape index (κ1) is 13.9. The van der Waals surface area contributed by atoms with E-state index >= 15 is 0 Å². The average Bonchev–Trinajstić information content (AvgIpc) is 2.78. The lowest BCUT2D eigenvalue weighted by Gasteiger charge is -2.17. The number of carbonyl (C=O) groups excluding carboxylic acids is 2. The maximum atomic E-state index is 12.0. The molecule has 0 radical (unpaired) electrons. The van der Waals surface area contributed by atoms with E-state index in [1.807, 2.05) is 24.3 Å². The third kappa shape index (κ3) is 3.50. The van der Waals surface area contributed by atoms with Crippen LogP contribution in [0.15, 0.2) is 24.3 Å². The van der Waals surface area contributed by atoms with Crippen LogP contribution in [0.2, 0.25) is 0 Å². The lowest BCUT2D eigenvalue weighted by atomic mass is 10.1. The Morgan fingerprint density at radius 3 is 3.00 bits per heavy atom. The van der Waals surface area contributed by atoms with Crippen LogP contribution in [0.25, 0.3) is 0 Å². The van der Waals surface area contributed by atoms with Crippen molar-refractivity contribution in [2.75, 3.05) is 24.3 Å². The van der Waals surface area contributed by atoms with E-state index in [-0.39, 0.29) is 16.9 Å². The van der Waals surface area contributed by atoms with Crippen molar-refractivity contribution in [1.29, 1.82) is 0 Å². The molecule has 1 heterocycles. The Hall–Kier alpha value is -1.49. The van der Waals surface area contributed by atoms with Gasteiger partial charge in [0.2, 0.25) is 5.91 Å². The molecule has 1 atom stereocenters. The smallest absolute Gasteiger partial charge is 0.227 e. The van der Waals surface area contributed by atoms with Gasteiger partial charge in [-0.25, -0.2) is 0 Å². The quantitative estimate of drug-likeness (QED) is 0.848. The molecule has 0 aliphatic carbocycles. The molecule has 1 aliphatic heterocycles. The molecule has 1 amide bonds. The van der Waals surface area contributed by atoms with Crippen molar-refractivity contribution in [1.82, 2.24) is 0 Å². The van der Waals surface area contributed by atoms with Gasteiger partial charge in [-0.2, -0.15) is 0 Å². The van der Waals surface area contributed by atoms with E-state index in [1.54, 1.807) is 18.9 Å². The monoisotopic (exact) mass is 279 g/mol. The zero-order valence-electron chi connectivity index (χ0n) is 11.1. The zero-order valence-corrected chi connectivity index (χ0v) is 11.9. The third-order valence-electron chi connectivity index (χ3n) is 3.09. The Kier molecular flexibility index (Phi) is 4.47. The third-order valence-corrected chi connectivity index (χ3v) is 4.14. The summed E-state index contributed by atoms with van der Waals surface area (Å²) in [7, 11) is 1.61. The molecule has 4 nitrogen and oxygen atoms in total. The number of nitrogens with zero attached hydrogens (tertiary/aromatic N) is 1. The summed E-state index contributed by atoms with van der Waals surface area (Å²) in [6.07, 6.45) is 0.511. The molecule has 1 saturated heterocycles. The molecule has 0 spiro atoms. The highest BCUT2D eigenvalue weighted by Crippen LogP contribution is 2.29. The summed E-state index contributed by atoms with van der Waals surface area (Å²) < 4.78 is 5.17. The van der Waals surface area contributed by atoms with Crippen molar-refractivity contribution < 1.29 is 14.3 Å². The first-order chi connectivity index (χ1) is 9.10. The fraction of sp³-hybridized carbons (Fsp3) is 0.429. The highest BCUT2D eigenvalue weighted by molar-refractivity contribution is 8.13. The largest absolute Gasteiger partial charge is 0.497 e. The van der Waals surface area contributed by atoms with Gasteiger partial charge >= 0.3 is 0 Å². The average molecular weight is 279 g/mol. The second kappa shape index (κ2) is 6.10. The maximum absolute atomic E-state index is 12.0. The van der Waals surface area contributed by atoms with E-state index in [0.29, 0.717) is 18.7 Å². The zero-order chi connectivity index (χ0) is 13.8. The Bertz CT molecular complexity index is 489. The first-order valence-corrected chi connectivity index (χ1v) is 7.16. The molecule has 102 valence electrons. The minimum atomic E-state index is 0.104. The Labute approximate surface area is 117 Å². The van der Waals surface area contributed by atoms with Crippen molar-refractivity contribution in [2.45, 2.75) is 13.3 Å². The summed E-state index contributed by atoms with van der Waals surface area (Å²) in [4.78, 5) is 24.8. The number of thioether (sulfide) groups is 1. The summed E-state index contributed by atoms with van der Waals surface area (Å²) in [5, 5.41) is 0.104. The molecule has 5 heteroatoms. The summed E-state index contributed by atoms with van der Waals surface area (Å²) in [5.41, 5.74) is 0.861. The minimum Gasteiger partial charge on any atom is -0.497 e. The van der Waals surface area contributed by atoms with E-state index in [0.717, 1.165) is 11.4 Å². The molecule has 0 saturated carbocycles. The van der Waals surface area contributed by atoms with E-state index in [1.165, 1.54) is 11.8 Å². The van der Waals surface area contributed by atoms with Crippen LogP contribution in [0.1, 0.15) is 13.3 Å². The number of rotatable bonds is 4. The van der Waals surface area contributed by atoms with Gasteiger partial charge in [-0.05, 0) is 18.1 Å². The molecule has 0 bridgehead atoms. The van der Waals surface area contributed by atoms with Gasteiger partial charge in [0.15, 0.2) is 5.12 Å². The summed E-state index contributed by atoms with van der Waals surface area (Å²) >= 11 is 1.29. The molecule has 0 aromatic heterocycles. The predicted octanol–water partition coefficient (Wildman–Crippen LogP) is 2.33. The molecule has 1 unspecified atom stereocenters. The van der Waals surface area contributed by atoms with Gasteiger partial charge in [0.05, 0.1) is 7.11 Å². The summed E-state index contributed by atoms with van der Waals surface area (Å²) in [6.45, 7) is 2.23. The van der Waals surface area contributed by atoms with Crippen molar-refractivity contribution in [3.05, 3.63) is 24.3 Å². The number of hydrogen-bond acceptors (Lipinski definition) is 4. The fourth-order valence-electron chi connectivity index (χ4n) is 2.16. The van der Waals surface area contributed by atoms with Crippen molar-refractivity contribution in [3.8, 4) is 5.75 Å². The second-order valence-electron chi connectivity index (χ2n) is 4.58. The van der Waals surface area contributed by atoms with Crippen LogP contribution in [0.5, 0.6) is 5.75 Å². The van der Waals surface area contributed by atoms with Crippen LogP contribution < -0.4 is 9.64 Å². The van der Waals surface area contributed by atoms with Crippen LogP contribution >= 0.6 is 11.8 Å². The molecule has 1 aliphatic rings. The number of anilines is 1. The lowest BCUT2D eigenvalue weighted by molar-refractivity contribution is -0.117. The number of hydrogen-bond donors (Lipinski definition) is 0. The molecular weight excluding hydrogens is 262 g/mol. The second-order valence-corrected chi connectivity index (χ2v) is 5.78. The molecule has 0 N–H and O–H groups in total. The number of amides is 1. The Morgan fingerprint density at radius 2 is 2.32 bits per heavy atom. The van der Waals surface area contributed by atoms with Gasteiger partial charge in [0, 0.05) is 37.4 Å². The van der Waals surface area contributed by atoms with Gasteiger partial charge < -0.3 is 9.64 Å². The number of methoxy groups -OCH3 is 1. The van der Waals surface area contributed by atoms with Gasteiger partial charge in [-0.15, -0.1) is 0 Å². The minimum absolute atomic E-state index is 0.104. The highest BCUT2D eigenvalue weighted by Gasteiger charge is 2.30. The standard InChI is InChI=1S/C14H17NO3S/c1-10(16)19-9-11-6-14(17)15(8-11)12-4-3-5-13(7-12)18-2/h3-5,7,11H,6,8-9H2,1-2H3. The molecule has 1 aromatic rings. The SMILES string of the molecule is COc1cccc(N2CC(CSC(C)=O)CC2=O)c1. The fourth-order valence-corrected chi connectivity index (χ4v) is 2.85. The van der Waals surface area contributed by atoms with Crippen molar-refractivity contribution in [3.63, 3.8) is 0 Å². The van der Waals surface area contributed by atoms with Crippen LogP contribution in [0.3, 0.4) is 0 Å². The summed E-state index contributed by atoms with van der Waals surface area (Å²) in [6, 6.07) is 7.49. The highest BCUT2D eigenvalue weighted by atomic mass is 32.2. The van der Waals surface area contributed by atoms with Crippen LogP contribution in [-0.2, 0) is 9.59 Å². The Balaban J connectivity index is 2.04. The van der Waals surface area contributed by atoms with Crippen molar-refractivity contribution >= 4 is 28.5 Å². The number of ether oxygens (including phenoxy) is 1. The number of benzene rings is 1. The van der Waals surface area contributed by atoms with Crippen molar-refractivity contribution in [2.24, 2.45) is 5.92 Å². The Morgan fingerprint density at radius 1 is 1.53 bits per heavy atom. The van der Waals surface area contributed by atoms with E-state index in [9.17, 15) is 9.59 Å². The van der Waals surface area contributed by atoms with E-state index in [4.69, 9.17) is 4.74 Å². The molecule has 2 rings (SSSR count). The first-order valence-electron chi connectivity index (χ1n) is 6.18. The molecule has 1 aromatic carbocycles. The van der Waals surface area contributed by atoms with E-state index in [2.05, 4.69) is 0 Å². The van der Waals surface area contributed by atoms with Gasteiger partial charge in [0.1, 0.15) is 5.75 Å². The van der Waals surface area contributed by atoms with Gasteiger partial charge in [-0.1, -0.05) is 17.8 Å². The lowest BCUT2D eigenvalue weighted by Crippen LogP contribution is -2.24. The molecular formula is C14H17NO3S. The van der Waals surface area contributed by atoms with Crippen LogP contribution in [0.4, 0.5) is 5.69 Å². The molecule has 1 fully saturated rings. The van der Waals surface area contributed by atoms with Gasteiger partial charge in [-0.3, -0.25) is 9.59 Å². The molecule has 19 heavy (non-hydrogen) atoms.